The number of hydrogen-bond acceptors (Lipinski definition) is 2. The van der Waals surface area contributed by atoms with Gasteiger partial charge in [0, 0.05) is 18.0 Å². The molecule has 0 fully saturated rings. The van der Waals surface area contributed by atoms with Gasteiger partial charge < -0.3 is 10.1 Å². The third-order valence-electron chi connectivity index (χ3n) is 3.41. The predicted octanol–water partition coefficient (Wildman–Crippen LogP) is 3.18. The maximum atomic E-state index is 12.2. The highest BCUT2D eigenvalue weighted by Crippen LogP contribution is 2.21. The van der Waals surface area contributed by atoms with Crippen molar-refractivity contribution in [2.45, 2.75) is 45.6 Å². The van der Waals surface area contributed by atoms with E-state index in [0.717, 1.165) is 30.6 Å². The Bertz CT molecular complexity index is 484. The fourth-order valence-electron chi connectivity index (χ4n) is 2.06. The molecule has 3 heteroatoms. The zero-order chi connectivity index (χ0) is 15.0. The number of methoxy groups -OCH3 is 1. The standard InChI is InChI=1S/C17H23NO2/c1-5-8-9-13-10-11-14(12-16(13)20-4)17(19)18-15(6-2)7-3/h1,10-12,15H,6-9H2,2-4H3,(H,18,19). The molecule has 3 nitrogen and oxygen atoms in total. The molecule has 1 aromatic carbocycles. The van der Waals surface area contributed by atoms with Crippen molar-refractivity contribution < 1.29 is 9.53 Å². The van der Waals surface area contributed by atoms with E-state index in [2.05, 4.69) is 25.1 Å². The van der Waals surface area contributed by atoms with Gasteiger partial charge in [0.05, 0.1) is 7.11 Å². The Hall–Kier alpha value is -1.95. The molecule has 20 heavy (non-hydrogen) atoms. The first-order valence-corrected chi connectivity index (χ1v) is 7.07. The maximum absolute atomic E-state index is 12.2. The van der Waals surface area contributed by atoms with Crippen LogP contribution >= 0.6 is 0 Å². The molecule has 0 aliphatic rings. The van der Waals surface area contributed by atoms with Gasteiger partial charge in [0.15, 0.2) is 0 Å². The van der Waals surface area contributed by atoms with E-state index in [0.29, 0.717) is 12.0 Å². The zero-order valence-corrected chi connectivity index (χ0v) is 12.5. The predicted molar refractivity (Wildman–Crippen MR) is 82.0 cm³/mol. The molecule has 0 heterocycles. The zero-order valence-electron chi connectivity index (χ0n) is 12.5. The van der Waals surface area contributed by atoms with Crippen molar-refractivity contribution >= 4 is 5.91 Å². The molecule has 0 aromatic heterocycles. The van der Waals surface area contributed by atoms with Crippen LogP contribution < -0.4 is 10.1 Å². The minimum absolute atomic E-state index is 0.0551. The lowest BCUT2D eigenvalue weighted by Gasteiger charge is -2.15. The normalized spacial score (nSPS) is 10.2. The Morgan fingerprint density at radius 1 is 1.40 bits per heavy atom. The Morgan fingerprint density at radius 3 is 2.65 bits per heavy atom. The molecule has 0 spiro atoms. The largest absolute Gasteiger partial charge is 0.496 e. The number of terminal acetylenes is 1. The van der Waals surface area contributed by atoms with E-state index in [1.54, 1.807) is 13.2 Å². The number of carbonyl (C=O) groups is 1. The molecule has 1 rings (SSSR count). The average Bonchev–Trinajstić information content (AvgIpc) is 2.49. The Balaban J connectivity index is 2.86. The molecular weight excluding hydrogens is 250 g/mol. The van der Waals surface area contributed by atoms with Crippen LogP contribution in [0.5, 0.6) is 5.75 Å². The summed E-state index contributed by atoms with van der Waals surface area (Å²) < 4.78 is 5.34. The molecule has 0 atom stereocenters. The minimum Gasteiger partial charge on any atom is -0.496 e. The molecule has 1 N–H and O–H groups in total. The average molecular weight is 273 g/mol. The van der Waals surface area contributed by atoms with Gasteiger partial charge in [0.2, 0.25) is 0 Å². The topological polar surface area (TPSA) is 38.3 Å². The summed E-state index contributed by atoms with van der Waals surface area (Å²) in [6.45, 7) is 4.13. The summed E-state index contributed by atoms with van der Waals surface area (Å²) in [6, 6.07) is 5.74. The smallest absolute Gasteiger partial charge is 0.251 e. The fraction of sp³-hybridized carbons (Fsp3) is 0.471. The number of benzene rings is 1. The van der Waals surface area contributed by atoms with Crippen molar-refractivity contribution in [1.29, 1.82) is 0 Å². The first-order chi connectivity index (χ1) is 9.65. The molecule has 108 valence electrons. The molecule has 0 radical (unpaired) electrons. The van der Waals surface area contributed by atoms with Crippen LogP contribution in [0.1, 0.15) is 49.0 Å². The van der Waals surface area contributed by atoms with Crippen molar-refractivity contribution in [3.63, 3.8) is 0 Å². The van der Waals surface area contributed by atoms with E-state index < -0.39 is 0 Å². The van der Waals surface area contributed by atoms with Crippen molar-refractivity contribution in [1.82, 2.24) is 5.32 Å². The van der Waals surface area contributed by atoms with Crippen molar-refractivity contribution in [3.8, 4) is 18.1 Å². The molecule has 0 saturated carbocycles. The Kier molecular flexibility index (Phi) is 6.66. The molecule has 1 aromatic rings. The van der Waals surface area contributed by atoms with Gasteiger partial charge in [0.25, 0.3) is 5.91 Å². The van der Waals surface area contributed by atoms with Crippen LogP contribution in [0.25, 0.3) is 0 Å². The molecule has 0 saturated heterocycles. The van der Waals surface area contributed by atoms with Crippen LogP contribution in [0.4, 0.5) is 0 Å². The number of amides is 1. The van der Waals surface area contributed by atoms with Crippen molar-refractivity contribution in [2.24, 2.45) is 0 Å². The van der Waals surface area contributed by atoms with Crippen molar-refractivity contribution in [3.05, 3.63) is 29.3 Å². The van der Waals surface area contributed by atoms with Gasteiger partial charge in [-0.25, -0.2) is 0 Å². The summed E-state index contributed by atoms with van der Waals surface area (Å²) >= 11 is 0. The lowest BCUT2D eigenvalue weighted by Crippen LogP contribution is -2.33. The van der Waals surface area contributed by atoms with Crippen LogP contribution in [0.15, 0.2) is 18.2 Å². The number of nitrogens with one attached hydrogen (secondary N) is 1. The monoisotopic (exact) mass is 273 g/mol. The number of carbonyl (C=O) groups excluding carboxylic acids is 1. The number of ether oxygens (including phenoxy) is 1. The maximum Gasteiger partial charge on any atom is 0.251 e. The van der Waals surface area contributed by atoms with Gasteiger partial charge >= 0.3 is 0 Å². The second kappa shape index (κ2) is 8.27. The van der Waals surface area contributed by atoms with Crippen molar-refractivity contribution in [2.75, 3.05) is 7.11 Å². The molecule has 1 amide bonds. The second-order valence-electron chi connectivity index (χ2n) is 4.72. The Labute approximate surface area is 121 Å². The quantitative estimate of drug-likeness (QED) is 0.775. The summed E-state index contributed by atoms with van der Waals surface area (Å²) in [6.07, 6.45) is 8.56. The van der Waals surface area contributed by atoms with E-state index in [1.165, 1.54) is 0 Å². The summed E-state index contributed by atoms with van der Waals surface area (Å²) in [4.78, 5) is 12.2. The third-order valence-corrected chi connectivity index (χ3v) is 3.41. The minimum atomic E-state index is -0.0551. The Morgan fingerprint density at radius 2 is 2.10 bits per heavy atom. The van der Waals surface area contributed by atoms with Crippen LogP contribution in [0, 0.1) is 12.3 Å². The molecule has 0 aliphatic carbocycles. The van der Waals surface area contributed by atoms with E-state index in [1.807, 2.05) is 12.1 Å². The highest BCUT2D eigenvalue weighted by Gasteiger charge is 2.13. The molecule has 0 unspecified atom stereocenters. The summed E-state index contributed by atoms with van der Waals surface area (Å²) in [7, 11) is 1.61. The van der Waals surface area contributed by atoms with Gasteiger partial charge in [-0.2, -0.15) is 0 Å². The first-order valence-electron chi connectivity index (χ1n) is 7.07. The highest BCUT2D eigenvalue weighted by atomic mass is 16.5. The second-order valence-corrected chi connectivity index (χ2v) is 4.72. The van der Waals surface area contributed by atoms with Gasteiger partial charge in [-0.15, -0.1) is 12.3 Å². The molecule has 0 bridgehead atoms. The fourth-order valence-corrected chi connectivity index (χ4v) is 2.06. The van der Waals surface area contributed by atoms with Crippen LogP contribution in [-0.2, 0) is 6.42 Å². The third kappa shape index (κ3) is 4.31. The first kappa shape index (κ1) is 16.1. The van der Waals surface area contributed by atoms with Gasteiger partial charge in [-0.1, -0.05) is 19.9 Å². The van der Waals surface area contributed by atoms with E-state index in [-0.39, 0.29) is 11.9 Å². The summed E-state index contributed by atoms with van der Waals surface area (Å²) in [5.41, 5.74) is 1.66. The van der Waals surface area contributed by atoms with E-state index in [9.17, 15) is 4.79 Å². The lowest BCUT2D eigenvalue weighted by atomic mass is 10.0. The number of aryl methyl sites for hydroxylation is 1. The van der Waals surface area contributed by atoms with Crippen LogP contribution in [0.2, 0.25) is 0 Å². The van der Waals surface area contributed by atoms with E-state index >= 15 is 0 Å². The van der Waals surface area contributed by atoms with Gasteiger partial charge in [-0.05, 0) is 37.0 Å². The van der Waals surface area contributed by atoms with Crippen LogP contribution in [-0.4, -0.2) is 19.1 Å². The number of hydrogen-bond donors (Lipinski definition) is 1. The SMILES string of the molecule is C#CCCc1ccc(C(=O)NC(CC)CC)cc1OC. The van der Waals surface area contributed by atoms with Gasteiger partial charge in [0.1, 0.15) is 5.75 Å². The van der Waals surface area contributed by atoms with Crippen LogP contribution in [0.3, 0.4) is 0 Å². The van der Waals surface area contributed by atoms with E-state index in [4.69, 9.17) is 11.2 Å². The lowest BCUT2D eigenvalue weighted by molar-refractivity contribution is 0.0934. The summed E-state index contributed by atoms with van der Waals surface area (Å²) in [5.74, 6) is 3.28. The summed E-state index contributed by atoms with van der Waals surface area (Å²) in [5, 5.41) is 3.02. The molecule has 0 aliphatic heterocycles. The van der Waals surface area contributed by atoms with Gasteiger partial charge in [-0.3, -0.25) is 4.79 Å². The highest BCUT2D eigenvalue weighted by molar-refractivity contribution is 5.94. The molecular formula is C17H23NO2. The number of rotatable bonds is 7.